The number of carbonyl (C=O) groups excluding carboxylic acids is 1. The van der Waals surface area contributed by atoms with Crippen LogP contribution in [-0.2, 0) is 0 Å². The monoisotopic (exact) mass is 191 g/mol. The van der Waals surface area contributed by atoms with E-state index < -0.39 is 5.91 Å². The number of hydrogen-bond donors (Lipinski definition) is 1. The van der Waals surface area contributed by atoms with E-state index in [0.717, 1.165) is 0 Å². The zero-order valence-electron chi connectivity index (χ0n) is 7.60. The topological polar surface area (TPSA) is 69.6 Å². The Kier molecular flexibility index (Phi) is 1.85. The van der Waals surface area contributed by atoms with Crippen molar-refractivity contribution in [1.29, 1.82) is 0 Å². The predicted octanol–water partition coefficient (Wildman–Crippen LogP) is 0.442. The first-order valence-corrected chi connectivity index (χ1v) is 4.03. The number of fused-ring (bicyclic) bond motifs is 1. The summed E-state index contributed by atoms with van der Waals surface area (Å²) in [7, 11) is 1.56. The number of nitrogens with zero attached hydrogens (tertiary/aromatic N) is 2. The molecule has 0 fully saturated rings. The molecule has 14 heavy (non-hydrogen) atoms. The number of pyridine rings is 1. The molecule has 2 heterocycles. The zero-order valence-corrected chi connectivity index (χ0v) is 7.60. The molecule has 0 aliphatic heterocycles. The highest BCUT2D eigenvalue weighted by Gasteiger charge is 2.09. The van der Waals surface area contributed by atoms with Crippen molar-refractivity contribution in [2.75, 3.05) is 7.11 Å². The molecule has 5 nitrogen and oxygen atoms in total. The van der Waals surface area contributed by atoms with Crippen LogP contribution >= 0.6 is 0 Å². The third-order valence-corrected chi connectivity index (χ3v) is 1.99. The minimum atomic E-state index is -0.492. The molecule has 0 saturated carbocycles. The fourth-order valence-electron chi connectivity index (χ4n) is 1.28. The Hall–Kier alpha value is -2.04. The molecule has 1 amide bonds. The van der Waals surface area contributed by atoms with Gasteiger partial charge in [0.25, 0.3) is 5.91 Å². The molecule has 0 aliphatic carbocycles. The van der Waals surface area contributed by atoms with Gasteiger partial charge in [0, 0.05) is 12.3 Å². The maximum Gasteiger partial charge on any atom is 0.252 e. The normalized spacial score (nSPS) is 10.4. The van der Waals surface area contributed by atoms with Crippen LogP contribution in [0, 0.1) is 0 Å². The fourth-order valence-corrected chi connectivity index (χ4v) is 1.28. The summed E-state index contributed by atoms with van der Waals surface area (Å²) in [6.45, 7) is 0. The first-order valence-electron chi connectivity index (χ1n) is 4.03. The van der Waals surface area contributed by atoms with E-state index in [-0.39, 0.29) is 0 Å². The van der Waals surface area contributed by atoms with Crippen molar-refractivity contribution in [3.63, 3.8) is 0 Å². The molecule has 0 bridgehead atoms. The largest absolute Gasteiger partial charge is 0.497 e. The van der Waals surface area contributed by atoms with E-state index in [2.05, 4.69) is 5.10 Å². The lowest BCUT2D eigenvalue weighted by Crippen LogP contribution is -2.10. The average molecular weight is 191 g/mol. The molecule has 0 aromatic carbocycles. The van der Waals surface area contributed by atoms with Crippen molar-refractivity contribution in [3.05, 3.63) is 30.1 Å². The van der Waals surface area contributed by atoms with Crippen LogP contribution < -0.4 is 10.5 Å². The van der Waals surface area contributed by atoms with E-state index in [0.29, 0.717) is 16.8 Å². The summed E-state index contributed by atoms with van der Waals surface area (Å²) in [6.07, 6.45) is 3.15. The highest BCUT2D eigenvalue weighted by Crippen LogP contribution is 2.16. The molecular formula is C9H9N3O2. The Morgan fingerprint density at radius 3 is 3.07 bits per heavy atom. The van der Waals surface area contributed by atoms with Crippen molar-refractivity contribution < 1.29 is 9.53 Å². The van der Waals surface area contributed by atoms with Crippen molar-refractivity contribution >= 4 is 11.4 Å². The number of nitrogens with two attached hydrogens (primary N) is 1. The van der Waals surface area contributed by atoms with Gasteiger partial charge >= 0.3 is 0 Å². The number of primary amides is 1. The number of aromatic nitrogens is 2. The summed E-state index contributed by atoms with van der Waals surface area (Å²) in [5.74, 6) is 0.175. The lowest BCUT2D eigenvalue weighted by molar-refractivity contribution is 0.100. The average Bonchev–Trinajstić information content (AvgIpc) is 2.59. The zero-order chi connectivity index (χ0) is 10.1. The van der Waals surface area contributed by atoms with Gasteiger partial charge in [-0.3, -0.25) is 4.79 Å². The Morgan fingerprint density at radius 2 is 2.43 bits per heavy atom. The van der Waals surface area contributed by atoms with Gasteiger partial charge in [0.05, 0.1) is 24.4 Å². The Labute approximate surface area is 80.1 Å². The minimum absolute atomic E-state index is 0.393. The second-order valence-electron chi connectivity index (χ2n) is 2.82. The highest BCUT2D eigenvalue weighted by atomic mass is 16.5. The second-order valence-corrected chi connectivity index (χ2v) is 2.82. The lowest BCUT2D eigenvalue weighted by atomic mass is 10.2. The molecule has 5 heteroatoms. The lowest BCUT2D eigenvalue weighted by Gasteiger charge is -2.00. The van der Waals surface area contributed by atoms with Gasteiger partial charge in [-0.1, -0.05) is 0 Å². The minimum Gasteiger partial charge on any atom is -0.497 e. The van der Waals surface area contributed by atoms with Crippen molar-refractivity contribution in [2.24, 2.45) is 5.73 Å². The third kappa shape index (κ3) is 1.19. The standard InChI is InChI=1S/C9H9N3O2/c1-14-6-2-3-12-8(4-6)7(5-11-12)9(10)13/h2-5H,1H3,(H2,10,13). The first kappa shape index (κ1) is 8.55. The quantitative estimate of drug-likeness (QED) is 0.748. The molecule has 0 spiro atoms. The van der Waals surface area contributed by atoms with E-state index in [4.69, 9.17) is 10.5 Å². The summed E-state index contributed by atoms with van der Waals surface area (Å²) in [6, 6.07) is 3.47. The fraction of sp³-hybridized carbons (Fsp3) is 0.111. The van der Waals surface area contributed by atoms with Gasteiger partial charge in [0.2, 0.25) is 0 Å². The molecule has 0 unspecified atom stereocenters. The van der Waals surface area contributed by atoms with Crippen molar-refractivity contribution in [3.8, 4) is 5.75 Å². The number of ether oxygens (including phenoxy) is 1. The molecule has 0 radical (unpaired) electrons. The summed E-state index contributed by atoms with van der Waals surface area (Å²) >= 11 is 0. The van der Waals surface area contributed by atoms with E-state index in [9.17, 15) is 4.79 Å². The maximum absolute atomic E-state index is 11.0. The molecule has 2 aromatic heterocycles. The van der Waals surface area contributed by atoms with Crippen molar-refractivity contribution in [2.45, 2.75) is 0 Å². The number of methoxy groups -OCH3 is 1. The summed E-state index contributed by atoms with van der Waals surface area (Å²) in [5, 5.41) is 3.98. The summed E-state index contributed by atoms with van der Waals surface area (Å²) in [4.78, 5) is 11.0. The van der Waals surface area contributed by atoms with Crippen LogP contribution in [0.5, 0.6) is 5.75 Å². The molecule has 0 aliphatic rings. The van der Waals surface area contributed by atoms with Crippen LogP contribution in [0.1, 0.15) is 10.4 Å². The van der Waals surface area contributed by atoms with Crippen LogP contribution in [0.25, 0.3) is 5.52 Å². The third-order valence-electron chi connectivity index (χ3n) is 1.99. The van der Waals surface area contributed by atoms with Gasteiger partial charge in [-0.25, -0.2) is 4.52 Å². The first-order chi connectivity index (χ1) is 6.72. The maximum atomic E-state index is 11.0. The van der Waals surface area contributed by atoms with E-state index in [1.165, 1.54) is 6.20 Å². The van der Waals surface area contributed by atoms with Gasteiger partial charge in [-0.2, -0.15) is 5.10 Å². The van der Waals surface area contributed by atoms with Crippen LogP contribution in [0.15, 0.2) is 24.5 Å². The Bertz CT molecular complexity index is 490. The van der Waals surface area contributed by atoms with Crippen LogP contribution in [0.4, 0.5) is 0 Å². The number of carbonyl (C=O) groups is 1. The van der Waals surface area contributed by atoms with Crippen LogP contribution in [0.2, 0.25) is 0 Å². The molecule has 72 valence electrons. The summed E-state index contributed by atoms with van der Waals surface area (Å²) in [5.41, 5.74) is 6.23. The SMILES string of the molecule is COc1ccn2ncc(C(N)=O)c2c1. The van der Waals surface area contributed by atoms with Gasteiger partial charge in [-0.05, 0) is 6.07 Å². The smallest absolute Gasteiger partial charge is 0.252 e. The molecule has 2 rings (SSSR count). The molecule has 2 N–H and O–H groups in total. The molecule has 2 aromatic rings. The van der Waals surface area contributed by atoms with Crippen molar-refractivity contribution in [1.82, 2.24) is 9.61 Å². The predicted molar refractivity (Wildman–Crippen MR) is 50.3 cm³/mol. The Morgan fingerprint density at radius 1 is 1.64 bits per heavy atom. The summed E-state index contributed by atoms with van der Waals surface area (Å²) < 4.78 is 6.61. The molecule has 0 saturated heterocycles. The van der Waals surface area contributed by atoms with Crippen LogP contribution in [0.3, 0.4) is 0 Å². The van der Waals surface area contributed by atoms with Gasteiger partial charge in [-0.15, -0.1) is 0 Å². The molecule has 0 atom stereocenters. The van der Waals surface area contributed by atoms with E-state index >= 15 is 0 Å². The van der Waals surface area contributed by atoms with Gasteiger partial charge in [0.1, 0.15) is 5.75 Å². The van der Waals surface area contributed by atoms with Gasteiger partial charge in [0.15, 0.2) is 0 Å². The second kappa shape index (κ2) is 3.02. The van der Waals surface area contributed by atoms with Gasteiger partial charge < -0.3 is 10.5 Å². The van der Waals surface area contributed by atoms with E-state index in [1.54, 1.807) is 30.0 Å². The number of amides is 1. The van der Waals surface area contributed by atoms with E-state index in [1.807, 2.05) is 0 Å². The Balaban J connectivity index is 2.69. The number of rotatable bonds is 2. The van der Waals surface area contributed by atoms with Crippen LogP contribution in [-0.4, -0.2) is 22.6 Å². The molecular weight excluding hydrogens is 182 g/mol. The highest BCUT2D eigenvalue weighted by molar-refractivity contribution is 5.99. The number of hydrogen-bond acceptors (Lipinski definition) is 3.